The molecule has 1 rings (SSSR count). The minimum absolute atomic E-state index is 0.259. The molecule has 4 heteroatoms. The van der Waals surface area contributed by atoms with Crippen LogP contribution in [0.1, 0.15) is 46.1 Å². The van der Waals surface area contributed by atoms with Gasteiger partial charge in [-0.05, 0) is 6.07 Å². The number of hydrogen-bond donors (Lipinski definition) is 1. The van der Waals surface area contributed by atoms with Gasteiger partial charge in [-0.2, -0.15) is 0 Å². The predicted molar refractivity (Wildman–Crippen MR) is 75.1 cm³/mol. The highest BCUT2D eigenvalue weighted by Gasteiger charge is 2.11. The van der Waals surface area contributed by atoms with Crippen LogP contribution in [-0.4, -0.2) is 20.8 Å². The van der Waals surface area contributed by atoms with E-state index in [4.69, 9.17) is 0 Å². The van der Waals surface area contributed by atoms with E-state index in [1.165, 1.54) is 0 Å². The molecule has 1 aromatic rings. The molecule has 3 nitrogen and oxygen atoms in total. The van der Waals surface area contributed by atoms with Gasteiger partial charge >= 0.3 is 0 Å². The summed E-state index contributed by atoms with van der Waals surface area (Å²) < 4.78 is 0.259. The smallest absolute Gasteiger partial charge is 0.138 e. The lowest BCUT2D eigenvalue weighted by Gasteiger charge is -2.16. The van der Waals surface area contributed by atoms with Gasteiger partial charge in [0.2, 0.25) is 0 Å². The third kappa shape index (κ3) is 6.64. The summed E-state index contributed by atoms with van der Waals surface area (Å²) >= 11 is 1.87. The van der Waals surface area contributed by atoms with Gasteiger partial charge in [0.1, 0.15) is 5.82 Å². The molecule has 0 saturated heterocycles. The molecule has 0 unspecified atom stereocenters. The number of nitrogens with one attached hydrogen (secondary N) is 1. The summed E-state index contributed by atoms with van der Waals surface area (Å²) in [6, 6.07) is 2.46. The Balaban J connectivity index is 2.54. The van der Waals surface area contributed by atoms with Gasteiger partial charge in [0, 0.05) is 23.5 Å². The van der Waals surface area contributed by atoms with Crippen LogP contribution in [0.4, 0.5) is 0 Å². The molecule has 0 bridgehead atoms. The van der Waals surface area contributed by atoms with Gasteiger partial charge in [-0.15, -0.1) is 11.8 Å². The minimum Gasteiger partial charge on any atom is -0.309 e. The Morgan fingerprint density at radius 1 is 1.35 bits per heavy atom. The largest absolute Gasteiger partial charge is 0.309 e. The number of hydrogen-bond acceptors (Lipinski definition) is 4. The van der Waals surface area contributed by atoms with Gasteiger partial charge in [-0.25, -0.2) is 9.97 Å². The van der Waals surface area contributed by atoms with Gasteiger partial charge < -0.3 is 5.32 Å². The second kappa shape index (κ2) is 6.36. The van der Waals surface area contributed by atoms with E-state index in [1.807, 2.05) is 24.0 Å². The second-order valence-corrected chi connectivity index (χ2v) is 7.20. The van der Waals surface area contributed by atoms with Crippen LogP contribution in [0.25, 0.3) is 0 Å². The first-order valence-electron chi connectivity index (χ1n) is 6.05. The summed E-state index contributed by atoms with van der Waals surface area (Å²) in [4.78, 5) is 8.86. The molecule has 1 N–H and O–H groups in total. The SMILES string of the molecule is CC(C)NCc1ccnc(CSC(C)(C)C)n1. The van der Waals surface area contributed by atoms with Gasteiger partial charge in [0.15, 0.2) is 0 Å². The molecule has 0 saturated carbocycles. The van der Waals surface area contributed by atoms with Gasteiger partial charge in [-0.3, -0.25) is 0 Å². The van der Waals surface area contributed by atoms with Crippen LogP contribution in [0.3, 0.4) is 0 Å². The molecule has 0 atom stereocenters. The number of nitrogens with zero attached hydrogens (tertiary/aromatic N) is 2. The zero-order valence-electron chi connectivity index (χ0n) is 11.4. The van der Waals surface area contributed by atoms with Crippen molar-refractivity contribution in [1.29, 1.82) is 0 Å². The molecule has 0 aliphatic rings. The van der Waals surface area contributed by atoms with Gasteiger partial charge in [-0.1, -0.05) is 34.6 Å². The Hall–Kier alpha value is -0.610. The van der Waals surface area contributed by atoms with E-state index in [-0.39, 0.29) is 4.75 Å². The molecular formula is C13H23N3S. The van der Waals surface area contributed by atoms with Crippen LogP contribution in [0.2, 0.25) is 0 Å². The molecule has 96 valence electrons. The van der Waals surface area contributed by atoms with Crippen molar-refractivity contribution in [3.05, 3.63) is 23.8 Å². The maximum absolute atomic E-state index is 4.55. The van der Waals surface area contributed by atoms with E-state index < -0.39 is 0 Å². The minimum atomic E-state index is 0.259. The first-order valence-corrected chi connectivity index (χ1v) is 7.03. The molecule has 1 heterocycles. The van der Waals surface area contributed by atoms with Crippen molar-refractivity contribution in [2.24, 2.45) is 0 Å². The zero-order chi connectivity index (χ0) is 12.9. The molecular weight excluding hydrogens is 230 g/mol. The summed E-state index contributed by atoms with van der Waals surface area (Å²) in [5, 5.41) is 3.36. The quantitative estimate of drug-likeness (QED) is 0.875. The summed E-state index contributed by atoms with van der Waals surface area (Å²) in [6.45, 7) is 11.7. The van der Waals surface area contributed by atoms with Crippen LogP contribution in [0, 0.1) is 0 Å². The number of thioether (sulfide) groups is 1. The highest BCUT2D eigenvalue weighted by atomic mass is 32.2. The lowest BCUT2D eigenvalue weighted by molar-refractivity contribution is 0.579. The Labute approximate surface area is 109 Å². The average Bonchev–Trinajstić information content (AvgIpc) is 2.23. The Morgan fingerprint density at radius 2 is 2.06 bits per heavy atom. The van der Waals surface area contributed by atoms with E-state index in [0.717, 1.165) is 23.8 Å². The van der Waals surface area contributed by atoms with Crippen LogP contribution in [0.15, 0.2) is 12.3 Å². The van der Waals surface area contributed by atoms with Crippen molar-refractivity contribution in [3.8, 4) is 0 Å². The Bertz CT molecular complexity index is 345. The van der Waals surface area contributed by atoms with Crippen molar-refractivity contribution in [1.82, 2.24) is 15.3 Å². The van der Waals surface area contributed by atoms with Gasteiger partial charge in [0.25, 0.3) is 0 Å². The lowest BCUT2D eigenvalue weighted by atomic mass is 10.3. The van der Waals surface area contributed by atoms with Crippen molar-refractivity contribution >= 4 is 11.8 Å². The second-order valence-electron chi connectivity index (χ2n) is 5.40. The topological polar surface area (TPSA) is 37.8 Å². The van der Waals surface area contributed by atoms with Crippen LogP contribution >= 0.6 is 11.8 Å². The van der Waals surface area contributed by atoms with E-state index in [1.54, 1.807) is 0 Å². The summed E-state index contributed by atoms with van der Waals surface area (Å²) in [7, 11) is 0. The molecule has 0 aromatic carbocycles. The third-order valence-electron chi connectivity index (χ3n) is 2.09. The van der Waals surface area contributed by atoms with Crippen LogP contribution < -0.4 is 5.32 Å². The molecule has 0 fully saturated rings. The molecule has 17 heavy (non-hydrogen) atoms. The highest BCUT2D eigenvalue weighted by Crippen LogP contribution is 2.25. The summed E-state index contributed by atoms with van der Waals surface area (Å²) in [5.41, 5.74) is 1.07. The van der Waals surface area contributed by atoms with Crippen molar-refractivity contribution in [3.63, 3.8) is 0 Å². The fourth-order valence-corrected chi connectivity index (χ4v) is 1.90. The third-order valence-corrected chi connectivity index (χ3v) is 3.36. The molecule has 0 amide bonds. The van der Waals surface area contributed by atoms with Crippen molar-refractivity contribution in [2.75, 3.05) is 0 Å². The maximum Gasteiger partial charge on any atom is 0.138 e. The standard InChI is InChI=1S/C13H23N3S/c1-10(2)15-8-11-6-7-14-12(16-11)9-17-13(3,4)5/h6-7,10,15H,8-9H2,1-5H3. The van der Waals surface area contributed by atoms with Crippen molar-refractivity contribution in [2.45, 2.75) is 57.7 Å². The summed E-state index contributed by atoms with van der Waals surface area (Å²) in [6.07, 6.45) is 1.85. The molecule has 0 radical (unpaired) electrons. The number of aromatic nitrogens is 2. The highest BCUT2D eigenvalue weighted by molar-refractivity contribution is 7.99. The lowest BCUT2D eigenvalue weighted by Crippen LogP contribution is -2.22. The molecule has 0 aliphatic heterocycles. The normalized spacial score (nSPS) is 12.1. The first kappa shape index (κ1) is 14.5. The Morgan fingerprint density at radius 3 is 2.65 bits per heavy atom. The molecule has 0 spiro atoms. The van der Waals surface area contributed by atoms with Crippen LogP contribution in [0.5, 0.6) is 0 Å². The van der Waals surface area contributed by atoms with Crippen molar-refractivity contribution < 1.29 is 0 Å². The van der Waals surface area contributed by atoms with E-state index >= 15 is 0 Å². The predicted octanol–water partition coefficient (Wildman–Crippen LogP) is 3.01. The Kier molecular flexibility index (Phi) is 5.40. The van der Waals surface area contributed by atoms with E-state index in [2.05, 4.69) is 49.9 Å². The van der Waals surface area contributed by atoms with E-state index in [0.29, 0.717) is 6.04 Å². The summed E-state index contributed by atoms with van der Waals surface area (Å²) in [5.74, 6) is 1.80. The molecule has 0 aliphatic carbocycles. The zero-order valence-corrected chi connectivity index (χ0v) is 12.3. The first-order chi connectivity index (χ1) is 7.87. The fraction of sp³-hybridized carbons (Fsp3) is 0.692. The average molecular weight is 253 g/mol. The molecule has 1 aromatic heterocycles. The number of rotatable bonds is 5. The maximum atomic E-state index is 4.55. The van der Waals surface area contributed by atoms with Crippen LogP contribution in [-0.2, 0) is 12.3 Å². The van der Waals surface area contributed by atoms with Gasteiger partial charge in [0.05, 0.1) is 11.4 Å². The van der Waals surface area contributed by atoms with E-state index in [9.17, 15) is 0 Å². The fourth-order valence-electron chi connectivity index (χ4n) is 1.20. The monoisotopic (exact) mass is 253 g/mol.